The minimum absolute atomic E-state index is 0.275. The van der Waals surface area contributed by atoms with E-state index in [1.165, 1.54) is 18.2 Å². The van der Waals surface area contributed by atoms with E-state index >= 15 is 0 Å². The van der Waals surface area contributed by atoms with Gasteiger partial charge in [0, 0.05) is 5.56 Å². The average molecular weight is 284 g/mol. The molecule has 1 atom stereocenters. The number of carbonyl (C=O) groups excluding carboxylic acids is 2. The zero-order valence-corrected chi connectivity index (χ0v) is 11.7. The van der Waals surface area contributed by atoms with Crippen LogP contribution in [0.1, 0.15) is 30.6 Å². The topological polar surface area (TPSA) is 98.2 Å². The summed E-state index contributed by atoms with van der Waals surface area (Å²) in [6.07, 6.45) is 0.568. The monoisotopic (exact) mass is 283 g/mol. The van der Waals surface area contributed by atoms with Gasteiger partial charge in [0.25, 0.3) is 0 Å². The Morgan fingerprint density at radius 2 is 2.00 bits per heavy atom. The maximum absolute atomic E-state index is 11.9. The fraction of sp³-hybridized carbons (Fsp3) is 0.385. The smallest absolute Gasteiger partial charge is 0.248 e. The summed E-state index contributed by atoms with van der Waals surface area (Å²) in [5.74, 6) is -0.607. The molecule has 0 unspecified atom stereocenters. The molecule has 0 heterocycles. The molecule has 6 heteroatoms. The summed E-state index contributed by atoms with van der Waals surface area (Å²) in [4.78, 5) is 22.9. The zero-order valence-electron chi connectivity index (χ0n) is 10.9. The minimum Gasteiger partial charge on any atom is -0.366 e. The fourth-order valence-electron chi connectivity index (χ4n) is 1.61. The highest BCUT2D eigenvalue weighted by Gasteiger charge is 2.16. The van der Waals surface area contributed by atoms with Crippen LogP contribution in [0, 0.1) is 5.92 Å². The number of hydrogen-bond acceptors (Lipinski definition) is 3. The van der Waals surface area contributed by atoms with E-state index < -0.39 is 11.9 Å². The number of amides is 2. The van der Waals surface area contributed by atoms with E-state index in [-0.39, 0.29) is 11.5 Å². The molecule has 0 fully saturated rings. The Morgan fingerprint density at radius 3 is 2.53 bits per heavy atom. The van der Waals surface area contributed by atoms with E-state index in [1.54, 1.807) is 0 Å². The van der Waals surface area contributed by atoms with Crippen molar-refractivity contribution in [3.05, 3.63) is 28.8 Å². The third-order valence-electron chi connectivity index (χ3n) is 2.57. The van der Waals surface area contributed by atoms with Crippen LogP contribution in [0.4, 0.5) is 5.69 Å². The predicted octanol–water partition coefficient (Wildman–Crippen LogP) is 1.75. The number of anilines is 1. The molecule has 19 heavy (non-hydrogen) atoms. The zero-order chi connectivity index (χ0) is 14.6. The Hall–Kier alpha value is -1.59. The van der Waals surface area contributed by atoms with Gasteiger partial charge >= 0.3 is 0 Å². The second kappa shape index (κ2) is 6.54. The molecule has 0 aliphatic carbocycles. The van der Waals surface area contributed by atoms with Crippen LogP contribution in [0.5, 0.6) is 0 Å². The molecule has 0 aliphatic heterocycles. The van der Waals surface area contributed by atoms with Gasteiger partial charge in [0.1, 0.15) is 0 Å². The van der Waals surface area contributed by atoms with E-state index in [0.717, 1.165) is 0 Å². The number of nitrogens with two attached hydrogens (primary N) is 2. The van der Waals surface area contributed by atoms with Gasteiger partial charge in [-0.05, 0) is 30.5 Å². The Labute approximate surface area is 117 Å². The van der Waals surface area contributed by atoms with Crippen molar-refractivity contribution in [2.45, 2.75) is 26.3 Å². The number of carbonyl (C=O) groups is 2. The van der Waals surface area contributed by atoms with Crippen LogP contribution in [0.25, 0.3) is 0 Å². The molecule has 0 saturated carbocycles. The Balaban J connectivity index is 2.84. The SMILES string of the molecule is CC(C)C[C@H](N)C(=O)Nc1cc(C(N)=O)ccc1Cl. The molecule has 1 aromatic rings. The van der Waals surface area contributed by atoms with Gasteiger partial charge in [0.15, 0.2) is 0 Å². The quantitative estimate of drug-likeness (QED) is 0.768. The van der Waals surface area contributed by atoms with Crippen molar-refractivity contribution in [3.8, 4) is 0 Å². The molecule has 1 rings (SSSR count). The van der Waals surface area contributed by atoms with Crippen LogP contribution >= 0.6 is 11.6 Å². The van der Waals surface area contributed by atoms with Gasteiger partial charge in [-0.15, -0.1) is 0 Å². The van der Waals surface area contributed by atoms with Crippen LogP contribution in [-0.4, -0.2) is 17.9 Å². The van der Waals surface area contributed by atoms with Gasteiger partial charge < -0.3 is 16.8 Å². The molecule has 1 aromatic carbocycles. The second-order valence-electron chi connectivity index (χ2n) is 4.78. The normalized spacial score (nSPS) is 12.3. The standard InChI is InChI=1S/C13H18ClN3O2/c1-7(2)5-10(15)13(19)17-11-6-8(12(16)18)3-4-9(11)14/h3-4,6-7,10H,5,15H2,1-2H3,(H2,16,18)(H,17,19)/t10-/m0/s1. The molecule has 0 aromatic heterocycles. The number of hydrogen-bond donors (Lipinski definition) is 3. The largest absolute Gasteiger partial charge is 0.366 e. The molecule has 0 aliphatic rings. The third-order valence-corrected chi connectivity index (χ3v) is 2.90. The van der Waals surface area contributed by atoms with Gasteiger partial charge in [0.2, 0.25) is 11.8 Å². The lowest BCUT2D eigenvalue weighted by Crippen LogP contribution is -2.36. The number of nitrogens with one attached hydrogen (secondary N) is 1. The van der Waals surface area contributed by atoms with Crippen molar-refractivity contribution in [2.75, 3.05) is 5.32 Å². The maximum Gasteiger partial charge on any atom is 0.248 e. The summed E-state index contributed by atoms with van der Waals surface area (Å²) in [7, 11) is 0. The third kappa shape index (κ3) is 4.54. The summed E-state index contributed by atoms with van der Waals surface area (Å²) in [5, 5.41) is 2.94. The van der Waals surface area contributed by atoms with Crippen LogP contribution in [0.15, 0.2) is 18.2 Å². The summed E-state index contributed by atoms with van der Waals surface area (Å²) in [6.45, 7) is 3.96. The summed E-state index contributed by atoms with van der Waals surface area (Å²) in [6, 6.07) is 3.82. The van der Waals surface area contributed by atoms with Gasteiger partial charge in [-0.25, -0.2) is 0 Å². The lowest BCUT2D eigenvalue weighted by molar-refractivity contribution is -0.117. The first-order valence-corrected chi connectivity index (χ1v) is 6.35. The Kier molecular flexibility index (Phi) is 5.32. The second-order valence-corrected chi connectivity index (χ2v) is 5.19. The Morgan fingerprint density at radius 1 is 1.37 bits per heavy atom. The first kappa shape index (κ1) is 15.5. The van der Waals surface area contributed by atoms with Gasteiger partial charge in [-0.2, -0.15) is 0 Å². The van der Waals surface area contributed by atoms with Gasteiger partial charge in [0.05, 0.1) is 16.8 Å². The number of rotatable bonds is 5. The molecule has 104 valence electrons. The van der Waals surface area contributed by atoms with E-state index in [9.17, 15) is 9.59 Å². The number of benzene rings is 1. The molecule has 5 nitrogen and oxygen atoms in total. The summed E-state index contributed by atoms with van der Waals surface area (Å²) < 4.78 is 0. The van der Waals surface area contributed by atoms with Crippen molar-refractivity contribution < 1.29 is 9.59 Å². The first-order valence-electron chi connectivity index (χ1n) is 5.97. The number of primary amides is 1. The highest BCUT2D eigenvalue weighted by molar-refractivity contribution is 6.34. The molecule has 2 amide bonds. The molecular weight excluding hydrogens is 266 g/mol. The van der Waals surface area contributed by atoms with Gasteiger partial charge in [-0.3, -0.25) is 9.59 Å². The van der Waals surface area contributed by atoms with Crippen molar-refractivity contribution in [1.82, 2.24) is 0 Å². The van der Waals surface area contributed by atoms with Crippen LogP contribution in [-0.2, 0) is 4.79 Å². The maximum atomic E-state index is 11.9. The van der Waals surface area contributed by atoms with Crippen molar-refractivity contribution in [1.29, 1.82) is 0 Å². The van der Waals surface area contributed by atoms with Crippen molar-refractivity contribution >= 4 is 29.1 Å². The molecule has 0 bridgehead atoms. The van der Waals surface area contributed by atoms with Crippen molar-refractivity contribution in [3.63, 3.8) is 0 Å². The predicted molar refractivity (Wildman–Crippen MR) is 76.0 cm³/mol. The first-order chi connectivity index (χ1) is 8.81. The van der Waals surface area contributed by atoms with Crippen LogP contribution < -0.4 is 16.8 Å². The van der Waals surface area contributed by atoms with E-state index in [4.69, 9.17) is 23.1 Å². The van der Waals surface area contributed by atoms with E-state index in [2.05, 4.69) is 5.32 Å². The van der Waals surface area contributed by atoms with Crippen LogP contribution in [0.3, 0.4) is 0 Å². The lowest BCUT2D eigenvalue weighted by Gasteiger charge is -2.15. The molecule has 0 saturated heterocycles. The minimum atomic E-state index is -0.617. The molecular formula is C13H18ClN3O2. The molecule has 0 spiro atoms. The summed E-state index contributed by atoms with van der Waals surface area (Å²) >= 11 is 5.95. The van der Waals surface area contributed by atoms with Crippen molar-refractivity contribution in [2.24, 2.45) is 17.4 Å². The fourth-order valence-corrected chi connectivity index (χ4v) is 1.78. The highest BCUT2D eigenvalue weighted by Crippen LogP contribution is 2.23. The summed E-state index contributed by atoms with van der Waals surface area (Å²) in [5.41, 5.74) is 11.5. The van der Waals surface area contributed by atoms with Crippen LogP contribution in [0.2, 0.25) is 5.02 Å². The average Bonchev–Trinajstić information content (AvgIpc) is 2.30. The van der Waals surface area contributed by atoms with E-state index in [1.807, 2.05) is 13.8 Å². The Bertz CT molecular complexity index is 489. The number of halogens is 1. The molecule has 5 N–H and O–H groups in total. The lowest BCUT2D eigenvalue weighted by atomic mass is 10.0. The molecule has 0 radical (unpaired) electrons. The highest BCUT2D eigenvalue weighted by atomic mass is 35.5. The van der Waals surface area contributed by atoms with E-state index in [0.29, 0.717) is 23.0 Å². The van der Waals surface area contributed by atoms with Gasteiger partial charge in [-0.1, -0.05) is 25.4 Å².